The van der Waals surface area contributed by atoms with Gasteiger partial charge in [-0.2, -0.15) is 4.80 Å². The molecule has 168 valence electrons. The maximum Gasteiger partial charge on any atom is 0.251 e. The van der Waals surface area contributed by atoms with Gasteiger partial charge in [0.1, 0.15) is 18.8 Å². The van der Waals surface area contributed by atoms with Crippen molar-refractivity contribution in [2.45, 2.75) is 25.5 Å². The van der Waals surface area contributed by atoms with E-state index in [0.29, 0.717) is 30.4 Å². The first kappa shape index (κ1) is 21.9. The molecule has 1 aliphatic heterocycles. The molecular formula is C21H24N6O4S. The molecule has 0 radical (unpaired) electrons. The highest BCUT2D eigenvalue weighted by Gasteiger charge is 2.24. The van der Waals surface area contributed by atoms with E-state index in [2.05, 4.69) is 20.7 Å². The SMILES string of the molecule is COc1ccccc1N(CC(=O)NC[C@@H]1CCCO1)C(=O)Cn1nnc(-c2cccs2)n1. The van der Waals surface area contributed by atoms with Crippen molar-refractivity contribution in [3.8, 4) is 16.5 Å². The number of ether oxygens (including phenoxy) is 2. The van der Waals surface area contributed by atoms with Crippen molar-refractivity contribution in [2.24, 2.45) is 0 Å². The van der Waals surface area contributed by atoms with Crippen LogP contribution in [0.5, 0.6) is 5.75 Å². The first-order chi connectivity index (χ1) is 15.6. The molecule has 3 aromatic rings. The molecule has 1 N–H and O–H groups in total. The largest absolute Gasteiger partial charge is 0.495 e. The molecule has 1 aliphatic rings. The Balaban J connectivity index is 1.49. The number of nitrogens with one attached hydrogen (secondary N) is 1. The Kier molecular flexibility index (Phi) is 7.07. The lowest BCUT2D eigenvalue weighted by Crippen LogP contribution is -2.44. The Morgan fingerprint density at radius 3 is 2.94 bits per heavy atom. The molecule has 10 nitrogen and oxygen atoms in total. The van der Waals surface area contributed by atoms with Gasteiger partial charge in [0.25, 0.3) is 5.91 Å². The van der Waals surface area contributed by atoms with Crippen molar-refractivity contribution in [2.75, 3.05) is 31.7 Å². The molecule has 3 heterocycles. The Labute approximate surface area is 189 Å². The number of rotatable bonds is 9. The second-order valence-corrected chi connectivity index (χ2v) is 8.16. The van der Waals surface area contributed by atoms with Crippen molar-refractivity contribution < 1.29 is 19.1 Å². The molecule has 1 fully saturated rings. The maximum atomic E-state index is 13.2. The number of hydrogen-bond donors (Lipinski definition) is 1. The molecule has 2 amide bonds. The lowest BCUT2D eigenvalue weighted by molar-refractivity contribution is -0.124. The molecule has 1 aromatic carbocycles. The zero-order chi connectivity index (χ0) is 22.3. The zero-order valence-corrected chi connectivity index (χ0v) is 18.5. The maximum absolute atomic E-state index is 13.2. The van der Waals surface area contributed by atoms with Gasteiger partial charge in [-0.15, -0.1) is 21.5 Å². The Morgan fingerprint density at radius 1 is 1.31 bits per heavy atom. The molecule has 1 atom stereocenters. The van der Waals surface area contributed by atoms with Gasteiger partial charge in [0.05, 0.1) is 23.8 Å². The Hall–Kier alpha value is -3.31. The lowest BCUT2D eigenvalue weighted by Gasteiger charge is -2.24. The van der Waals surface area contributed by atoms with Gasteiger partial charge in [0, 0.05) is 13.2 Å². The van der Waals surface area contributed by atoms with Crippen molar-refractivity contribution in [3.63, 3.8) is 0 Å². The summed E-state index contributed by atoms with van der Waals surface area (Å²) in [5.41, 5.74) is 0.492. The fourth-order valence-corrected chi connectivity index (χ4v) is 4.06. The van der Waals surface area contributed by atoms with E-state index in [9.17, 15) is 9.59 Å². The number of hydrogen-bond acceptors (Lipinski definition) is 8. The summed E-state index contributed by atoms with van der Waals surface area (Å²) in [7, 11) is 1.52. The van der Waals surface area contributed by atoms with Crippen LogP contribution < -0.4 is 15.0 Å². The summed E-state index contributed by atoms with van der Waals surface area (Å²) in [6, 6.07) is 10.8. The highest BCUT2D eigenvalue weighted by atomic mass is 32.1. The Morgan fingerprint density at radius 2 is 2.19 bits per heavy atom. The monoisotopic (exact) mass is 456 g/mol. The number of tetrazole rings is 1. The molecule has 4 rings (SSSR count). The number of anilines is 1. The third-order valence-corrected chi connectivity index (χ3v) is 5.87. The average molecular weight is 457 g/mol. The summed E-state index contributed by atoms with van der Waals surface area (Å²) in [4.78, 5) is 29.3. The van der Waals surface area contributed by atoms with Gasteiger partial charge in [0.2, 0.25) is 11.7 Å². The molecule has 1 saturated heterocycles. The fourth-order valence-electron chi connectivity index (χ4n) is 3.41. The van der Waals surface area contributed by atoms with Crippen molar-refractivity contribution in [1.82, 2.24) is 25.5 Å². The van der Waals surface area contributed by atoms with Crippen molar-refractivity contribution >= 4 is 28.8 Å². The van der Waals surface area contributed by atoms with E-state index in [1.165, 1.54) is 28.1 Å². The van der Waals surface area contributed by atoms with Crippen molar-refractivity contribution in [1.29, 1.82) is 0 Å². The molecule has 0 saturated carbocycles. The highest BCUT2D eigenvalue weighted by Crippen LogP contribution is 2.28. The molecule has 0 spiro atoms. The van der Waals surface area contributed by atoms with Crippen LogP contribution in [-0.4, -0.2) is 64.9 Å². The van der Waals surface area contributed by atoms with E-state index in [1.54, 1.807) is 24.3 Å². The molecule has 0 unspecified atom stereocenters. The second-order valence-electron chi connectivity index (χ2n) is 7.21. The summed E-state index contributed by atoms with van der Waals surface area (Å²) < 4.78 is 11.0. The first-order valence-corrected chi connectivity index (χ1v) is 11.2. The predicted molar refractivity (Wildman–Crippen MR) is 118 cm³/mol. The first-order valence-electron chi connectivity index (χ1n) is 10.3. The van der Waals surface area contributed by atoms with Crippen LogP contribution in [0.2, 0.25) is 0 Å². The van der Waals surface area contributed by atoms with Crippen LogP contribution >= 0.6 is 11.3 Å². The van der Waals surface area contributed by atoms with E-state index in [1.807, 2.05) is 17.5 Å². The van der Waals surface area contributed by atoms with Gasteiger partial charge in [-0.05, 0) is 41.6 Å². The van der Waals surface area contributed by atoms with Crippen LogP contribution in [-0.2, 0) is 20.9 Å². The van der Waals surface area contributed by atoms with Gasteiger partial charge in [-0.1, -0.05) is 18.2 Å². The summed E-state index contributed by atoms with van der Waals surface area (Å²) in [6.45, 7) is 0.792. The molecular weight excluding hydrogens is 432 g/mol. The lowest BCUT2D eigenvalue weighted by atomic mass is 10.2. The molecule has 0 aliphatic carbocycles. The number of benzene rings is 1. The number of aromatic nitrogens is 4. The van der Waals surface area contributed by atoms with E-state index < -0.39 is 0 Å². The third-order valence-electron chi connectivity index (χ3n) is 5.00. The van der Waals surface area contributed by atoms with Crippen LogP contribution in [0.15, 0.2) is 41.8 Å². The number of para-hydroxylation sites is 2. The summed E-state index contributed by atoms with van der Waals surface area (Å²) >= 11 is 1.49. The van der Waals surface area contributed by atoms with Crippen LogP contribution in [0.4, 0.5) is 5.69 Å². The van der Waals surface area contributed by atoms with E-state index in [0.717, 1.165) is 17.7 Å². The minimum Gasteiger partial charge on any atom is -0.495 e. The van der Waals surface area contributed by atoms with Crippen LogP contribution in [0.25, 0.3) is 10.7 Å². The van der Waals surface area contributed by atoms with E-state index >= 15 is 0 Å². The summed E-state index contributed by atoms with van der Waals surface area (Å²) in [6.07, 6.45) is 1.93. The van der Waals surface area contributed by atoms with Crippen LogP contribution in [0.1, 0.15) is 12.8 Å². The van der Waals surface area contributed by atoms with Gasteiger partial charge in [-0.25, -0.2) is 0 Å². The van der Waals surface area contributed by atoms with E-state index in [4.69, 9.17) is 9.47 Å². The predicted octanol–water partition coefficient (Wildman–Crippen LogP) is 1.74. The Bertz CT molecular complexity index is 1050. The standard InChI is InChI=1S/C21H24N6O4S/c1-30-17-8-3-2-7-16(17)26(13-19(28)22-12-15-6-4-10-31-15)20(29)14-27-24-21(23-25-27)18-9-5-11-32-18/h2-3,5,7-9,11,15H,4,6,10,12-14H2,1H3,(H,22,28)/t15-/m0/s1. The minimum atomic E-state index is -0.364. The number of thiophene rings is 1. The van der Waals surface area contributed by atoms with Crippen molar-refractivity contribution in [3.05, 3.63) is 41.8 Å². The fraction of sp³-hybridized carbons (Fsp3) is 0.381. The van der Waals surface area contributed by atoms with Gasteiger partial charge >= 0.3 is 0 Å². The quantitative estimate of drug-likeness (QED) is 0.522. The van der Waals surface area contributed by atoms with Gasteiger partial charge in [-0.3, -0.25) is 14.5 Å². The summed E-state index contributed by atoms with van der Waals surface area (Å²) in [5, 5.41) is 17.1. The third kappa shape index (κ3) is 5.29. The highest BCUT2D eigenvalue weighted by molar-refractivity contribution is 7.13. The number of carbonyl (C=O) groups excluding carboxylic acids is 2. The average Bonchev–Trinajstić information content (AvgIpc) is 3.58. The number of amides is 2. The smallest absolute Gasteiger partial charge is 0.251 e. The minimum absolute atomic E-state index is 0.0179. The molecule has 11 heteroatoms. The normalized spacial score (nSPS) is 15.5. The summed E-state index contributed by atoms with van der Waals surface area (Å²) in [5.74, 6) is 0.284. The van der Waals surface area contributed by atoms with Crippen LogP contribution in [0.3, 0.4) is 0 Å². The number of nitrogens with zero attached hydrogens (tertiary/aromatic N) is 5. The van der Waals surface area contributed by atoms with Gasteiger partial charge in [0.15, 0.2) is 0 Å². The zero-order valence-electron chi connectivity index (χ0n) is 17.6. The number of methoxy groups -OCH3 is 1. The van der Waals surface area contributed by atoms with Crippen LogP contribution in [0, 0.1) is 0 Å². The topological polar surface area (TPSA) is 111 Å². The molecule has 32 heavy (non-hydrogen) atoms. The molecule has 2 aromatic heterocycles. The van der Waals surface area contributed by atoms with E-state index in [-0.39, 0.29) is 31.0 Å². The molecule has 0 bridgehead atoms. The van der Waals surface area contributed by atoms with Gasteiger partial charge < -0.3 is 14.8 Å². The number of carbonyl (C=O) groups is 2. The second kappa shape index (κ2) is 10.3.